The van der Waals surface area contributed by atoms with Crippen LogP contribution in [-0.4, -0.2) is 40.4 Å². The van der Waals surface area contributed by atoms with E-state index >= 15 is 0 Å². The fourth-order valence-electron chi connectivity index (χ4n) is 3.18. The zero-order valence-corrected chi connectivity index (χ0v) is 15.4. The standard InChI is InChI=1S/C16H29BrN4/c1-5-21-15(16(17)13(4)19-21)11-20(9-12(2)3)10-14-7-6-8-18-14/h12,14,18H,5-11H2,1-4H3. The molecule has 1 aromatic heterocycles. The summed E-state index contributed by atoms with van der Waals surface area (Å²) >= 11 is 3.72. The average Bonchev–Trinajstić information content (AvgIpc) is 3.01. The van der Waals surface area contributed by atoms with Crippen LogP contribution in [0.3, 0.4) is 0 Å². The van der Waals surface area contributed by atoms with Crippen LogP contribution in [0, 0.1) is 12.8 Å². The van der Waals surface area contributed by atoms with Crippen molar-refractivity contribution in [3.05, 3.63) is 15.9 Å². The van der Waals surface area contributed by atoms with Crippen LogP contribution < -0.4 is 5.32 Å². The topological polar surface area (TPSA) is 33.1 Å². The monoisotopic (exact) mass is 356 g/mol. The number of aromatic nitrogens is 2. The molecule has 1 aliphatic heterocycles. The number of halogens is 1. The Labute approximate surface area is 137 Å². The fraction of sp³-hybridized carbons (Fsp3) is 0.812. The van der Waals surface area contributed by atoms with E-state index in [0.717, 1.165) is 31.9 Å². The quantitative estimate of drug-likeness (QED) is 0.814. The third kappa shape index (κ3) is 4.54. The lowest BCUT2D eigenvalue weighted by atomic mass is 10.1. The van der Waals surface area contributed by atoms with Crippen LogP contribution in [0.1, 0.15) is 45.0 Å². The summed E-state index contributed by atoms with van der Waals surface area (Å²) in [6.45, 7) is 14.2. The van der Waals surface area contributed by atoms with Gasteiger partial charge in [-0.05, 0) is 55.1 Å². The molecule has 2 heterocycles. The molecule has 0 saturated carbocycles. The minimum Gasteiger partial charge on any atom is -0.313 e. The largest absolute Gasteiger partial charge is 0.313 e. The van der Waals surface area contributed by atoms with Gasteiger partial charge in [0.2, 0.25) is 0 Å². The van der Waals surface area contributed by atoms with Crippen LogP contribution in [0.4, 0.5) is 0 Å². The van der Waals surface area contributed by atoms with Crippen LogP contribution in [0.2, 0.25) is 0 Å². The zero-order chi connectivity index (χ0) is 15.4. The molecule has 0 spiro atoms. The van der Waals surface area contributed by atoms with Crippen LogP contribution in [-0.2, 0) is 13.1 Å². The van der Waals surface area contributed by atoms with E-state index in [9.17, 15) is 0 Å². The van der Waals surface area contributed by atoms with E-state index in [1.165, 1.54) is 29.6 Å². The van der Waals surface area contributed by atoms with Gasteiger partial charge in [-0.15, -0.1) is 0 Å². The van der Waals surface area contributed by atoms with Crippen molar-refractivity contribution < 1.29 is 0 Å². The number of aryl methyl sites for hydroxylation is 2. The van der Waals surface area contributed by atoms with Gasteiger partial charge in [0, 0.05) is 32.2 Å². The molecular formula is C16H29BrN4. The molecule has 0 aromatic carbocycles. The normalized spacial score (nSPS) is 19.1. The molecular weight excluding hydrogens is 328 g/mol. The molecule has 21 heavy (non-hydrogen) atoms. The Bertz CT molecular complexity index is 449. The van der Waals surface area contributed by atoms with Gasteiger partial charge >= 0.3 is 0 Å². The second-order valence-electron chi connectivity index (χ2n) is 6.54. The second kappa shape index (κ2) is 7.75. The van der Waals surface area contributed by atoms with Crippen molar-refractivity contribution in [1.82, 2.24) is 20.0 Å². The molecule has 4 nitrogen and oxygen atoms in total. The Balaban J connectivity index is 2.09. The Morgan fingerprint density at radius 3 is 2.81 bits per heavy atom. The molecule has 1 unspecified atom stereocenters. The van der Waals surface area contributed by atoms with E-state index in [4.69, 9.17) is 0 Å². The molecule has 1 N–H and O–H groups in total. The highest BCUT2D eigenvalue weighted by Crippen LogP contribution is 2.23. The Hall–Kier alpha value is -0.390. The maximum Gasteiger partial charge on any atom is 0.0739 e. The van der Waals surface area contributed by atoms with Gasteiger partial charge in [-0.1, -0.05) is 13.8 Å². The summed E-state index contributed by atoms with van der Waals surface area (Å²) in [7, 11) is 0. The van der Waals surface area contributed by atoms with Gasteiger partial charge in [0.15, 0.2) is 0 Å². The molecule has 0 amide bonds. The molecule has 5 heteroatoms. The molecule has 0 bridgehead atoms. The lowest BCUT2D eigenvalue weighted by Crippen LogP contribution is -2.39. The van der Waals surface area contributed by atoms with Crippen LogP contribution in [0.15, 0.2) is 4.47 Å². The maximum atomic E-state index is 4.62. The SMILES string of the molecule is CCn1nc(C)c(Br)c1CN(CC(C)C)CC1CCCN1. The summed E-state index contributed by atoms with van der Waals surface area (Å²) < 4.78 is 3.31. The number of hydrogen-bond donors (Lipinski definition) is 1. The molecule has 1 aromatic rings. The van der Waals surface area contributed by atoms with Gasteiger partial charge in [-0.2, -0.15) is 5.10 Å². The van der Waals surface area contributed by atoms with Crippen molar-refractivity contribution in [2.75, 3.05) is 19.6 Å². The first kappa shape index (κ1) is 17.0. The van der Waals surface area contributed by atoms with E-state index in [1.54, 1.807) is 0 Å². The van der Waals surface area contributed by atoms with Gasteiger partial charge in [0.25, 0.3) is 0 Å². The molecule has 1 aliphatic rings. The molecule has 1 saturated heterocycles. The van der Waals surface area contributed by atoms with E-state index < -0.39 is 0 Å². The number of hydrogen-bond acceptors (Lipinski definition) is 3. The van der Waals surface area contributed by atoms with Crippen molar-refractivity contribution >= 4 is 15.9 Å². The lowest BCUT2D eigenvalue weighted by Gasteiger charge is -2.27. The third-order valence-electron chi connectivity index (χ3n) is 4.09. The first-order valence-corrected chi connectivity index (χ1v) is 8.98. The first-order valence-electron chi connectivity index (χ1n) is 8.18. The van der Waals surface area contributed by atoms with Crippen molar-refractivity contribution in [1.29, 1.82) is 0 Å². The fourth-order valence-corrected chi connectivity index (χ4v) is 3.59. The summed E-state index contributed by atoms with van der Waals surface area (Å²) in [5.41, 5.74) is 2.41. The van der Waals surface area contributed by atoms with Crippen molar-refractivity contribution in [2.24, 2.45) is 5.92 Å². The predicted octanol–water partition coefficient (Wildman–Crippen LogP) is 3.18. The predicted molar refractivity (Wildman–Crippen MR) is 91.5 cm³/mol. The Morgan fingerprint density at radius 1 is 1.48 bits per heavy atom. The molecule has 120 valence electrons. The van der Waals surface area contributed by atoms with E-state index in [2.05, 4.69) is 63.6 Å². The molecule has 0 radical (unpaired) electrons. The third-order valence-corrected chi connectivity index (χ3v) is 5.12. The van der Waals surface area contributed by atoms with E-state index in [0.29, 0.717) is 12.0 Å². The number of rotatable bonds is 7. The van der Waals surface area contributed by atoms with Crippen molar-refractivity contribution in [2.45, 2.75) is 59.7 Å². The number of nitrogens with zero attached hydrogens (tertiary/aromatic N) is 3. The van der Waals surface area contributed by atoms with Crippen LogP contribution >= 0.6 is 15.9 Å². The Kier molecular flexibility index (Phi) is 6.26. The molecule has 2 rings (SSSR count). The van der Waals surface area contributed by atoms with Crippen LogP contribution in [0.25, 0.3) is 0 Å². The molecule has 0 aliphatic carbocycles. The molecule has 1 fully saturated rings. The van der Waals surface area contributed by atoms with Gasteiger partial charge in [-0.25, -0.2) is 0 Å². The maximum absolute atomic E-state index is 4.62. The van der Waals surface area contributed by atoms with Gasteiger partial charge < -0.3 is 5.32 Å². The smallest absolute Gasteiger partial charge is 0.0739 e. The van der Waals surface area contributed by atoms with Crippen molar-refractivity contribution in [3.63, 3.8) is 0 Å². The van der Waals surface area contributed by atoms with Crippen molar-refractivity contribution in [3.8, 4) is 0 Å². The summed E-state index contributed by atoms with van der Waals surface area (Å²) in [5, 5.41) is 8.24. The summed E-state index contributed by atoms with van der Waals surface area (Å²) in [5.74, 6) is 0.685. The van der Waals surface area contributed by atoms with Gasteiger partial charge in [-0.3, -0.25) is 9.58 Å². The Morgan fingerprint density at radius 2 is 2.24 bits per heavy atom. The van der Waals surface area contributed by atoms with Crippen LogP contribution in [0.5, 0.6) is 0 Å². The minimum atomic E-state index is 0.654. The zero-order valence-electron chi connectivity index (χ0n) is 13.8. The highest BCUT2D eigenvalue weighted by atomic mass is 79.9. The highest BCUT2D eigenvalue weighted by molar-refractivity contribution is 9.10. The van der Waals surface area contributed by atoms with Gasteiger partial charge in [0.05, 0.1) is 15.9 Å². The second-order valence-corrected chi connectivity index (χ2v) is 7.34. The summed E-state index contributed by atoms with van der Waals surface area (Å²) in [6.07, 6.45) is 2.62. The average molecular weight is 357 g/mol. The van der Waals surface area contributed by atoms with Gasteiger partial charge in [0.1, 0.15) is 0 Å². The summed E-state index contributed by atoms with van der Waals surface area (Å²) in [4.78, 5) is 2.58. The molecule has 1 atom stereocenters. The summed E-state index contributed by atoms with van der Waals surface area (Å²) in [6, 6.07) is 0.654. The highest BCUT2D eigenvalue weighted by Gasteiger charge is 2.21. The van der Waals surface area contributed by atoms with E-state index in [1.807, 2.05) is 0 Å². The number of nitrogens with one attached hydrogen (secondary N) is 1. The lowest BCUT2D eigenvalue weighted by molar-refractivity contribution is 0.210. The minimum absolute atomic E-state index is 0.654. The van der Waals surface area contributed by atoms with E-state index in [-0.39, 0.29) is 0 Å². The first-order chi connectivity index (χ1) is 10.0.